The van der Waals surface area contributed by atoms with Gasteiger partial charge in [0.2, 0.25) is 0 Å². The molecule has 0 aromatic rings. The van der Waals surface area contributed by atoms with E-state index in [1.54, 1.807) is 0 Å². The Bertz CT molecular complexity index is 299. The summed E-state index contributed by atoms with van der Waals surface area (Å²) in [6.07, 6.45) is 1.79. The quantitative estimate of drug-likeness (QED) is 0.601. The lowest BCUT2D eigenvalue weighted by molar-refractivity contribution is -0.132. The first-order valence-electron chi connectivity index (χ1n) is 3.14. The number of sulfone groups is 1. The Labute approximate surface area is 64.4 Å². The monoisotopic (exact) mass is 176 g/mol. The van der Waals surface area contributed by atoms with Gasteiger partial charge in [-0.05, 0) is 6.42 Å². The van der Waals surface area contributed by atoms with Crippen molar-refractivity contribution < 1.29 is 18.3 Å². The van der Waals surface area contributed by atoms with Gasteiger partial charge in [-0.3, -0.25) is 0 Å². The number of aliphatic carboxylic acids is 1. The molecule has 0 atom stereocenters. The summed E-state index contributed by atoms with van der Waals surface area (Å²) in [7, 11) is -3.13. The van der Waals surface area contributed by atoms with Crippen molar-refractivity contribution in [1.29, 1.82) is 0 Å². The molecular weight excluding hydrogens is 168 g/mol. The van der Waals surface area contributed by atoms with Gasteiger partial charge in [-0.25, -0.2) is 13.2 Å². The topological polar surface area (TPSA) is 71.4 Å². The third-order valence-electron chi connectivity index (χ3n) is 1.47. The highest BCUT2D eigenvalue weighted by Gasteiger charge is 2.21. The van der Waals surface area contributed by atoms with Crippen molar-refractivity contribution in [2.45, 2.75) is 6.42 Å². The van der Waals surface area contributed by atoms with E-state index in [-0.39, 0.29) is 17.1 Å². The first kappa shape index (κ1) is 8.26. The minimum absolute atomic E-state index is 0.00347. The molecule has 0 fully saturated rings. The summed E-state index contributed by atoms with van der Waals surface area (Å²) < 4.78 is 21.7. The second-order valence-corrected chi connectivity index (χ2v) is 4.60. The predicted octanol–water partition coefficient (Wildman–Crippen LogP) is -0.184. The average Bonchev–Trinajstić information content (AvgIpc) is 1.85. The molecule has 0 aromatic heterocycles. The number of hydrogen-bond donors (Lipinski definition) is 1. The molecular formula is C6H8O4S. The molecule has 4 nitrogen and oxygen atoms in total. The lowest BCUT2D eigenvalue weighted by atomic mass is 10.2. The Hall–Kier alpha value is -0.840. The second kappa shape index (κ2) is 2.65. The van der Waals surface area contributed by atoms with Crippen molar-refractivity contribution in [3.63, 3.8) is 0 Å². The maximum Gasteiger partial charge on any atom is 0.332 e. The number of carboxylic acids is 1. The number of carbonyl (C=O) groups is 1. The summed E-state index contributed by atoms with van der Waals surface area (Å²) in [5.41, 5.74) is -0.00347. The predicted molar refractivity (Wildman–Crippen MR) is 39.0 cm³/mol. The molecule has 1 N–H and O–H groups in total. The van der Waals surface area contributed by atoms with E-state index >= 15 is 0 Å². The highest BCUT2D eigenvalue weighted by Crippen LogP contribution is 2.11. The normalized spacial score (nSPS) is 22.4. The molecule has 0 spiro atoms. The van der Waals surface area contributed by atoms with E-state index in [9.17, 15) is 13.2 Å². The molecule has 0 unspecified atom stereocenters. The number of allylic oxidation sites excluding steroid dienone is 1. The van der Waals surface area contributed by atoms with Crippen LogP contribution in [0.4, 0.5) is 0 Å². The van der Waals surface area contributed by atoms with Gasteiger partial charge >= 0.3 is 5.97 Å². The van der Waals surface area contributed by atoms with Crippen LogP contribution < -0.4 is 0 Å². The van der Waals surface area contributed by atoms with Crippen molar-refractivity contribution in [3.8, 4) is 0 Å². The van der Waals surface area contributed by atoms with Crippen LogP contribution in [0.15, 0.2) is 11.6 Å². The average molecular weight is 176 g/mol. The van der Waals surface area contributed by atoms with Crippen molar-refractivity contribution in [1.82, 2.24) is 0 Å². The summed E-state index contributed by atoms with van der Waals surface area (Å²) in [4.78, 5) is 10.3. The molecule has 0 amide bonds. The summed E-state index contributed by atoms with van der Waals surface area (Å²) in [6.45, 7) is 0. The van der Waals surface area contributed by atoms with Crippen LogP contribution in [0.25, 0.3) is 0 Å². The lowest BCUT2D eigenvalue weighted by Crippen LogP contribution is -2.21. The first-order chi connectivity index (χ1) is 5.01. The zero-order valence-electron chi connectivity index (χ0n) is 5.78. The fourth-order valence-corrected chi connectivity index (χ4v) is 2.27. The van der Waals surface area contributed by atoms with Crippen molar-refractivity contribution >= 4 is 15.8 Å². The summed E-state index contributed by atoms with van der Waals surface area (Å²) in [5.74, 6) is -1.38. The second-order valence-electron chi connectivity index (χ2n) is 2.42. The standard InChI is InChI=1S/C6H8O4S/c7-6(8)5-2-1-3-11(9,10)4-5/h2H,1,3-4H2,(H,7,8). The Balaban J connectivity index is 2.88. The fourth-order valence-electron chi connectivity index (χ4n) is 0.930. The third-order valence-corrected chi connectivity index (χ3v) is 3.08. The molecule has 0 aromatic carbocycles. The molecule has 11 heavy (non-hydrogen) atoms. The van der Waals surface area contributed by atoms with Gasteiger partial charge in [0.05, 0.1) is 11.5 Å². The van der Waals surface area contributed by atoms with Crippen molar-refractivity contribution in [2.24, 2.45) is 0 Å². The van der Waals surface area contributed by atoms with Crippen molar-refractivity contribution in [2.75, 3.05) is 11.5 Å². The van der Waals surface area contributed by atoms with Gasteiger partial charge in [0, 0.05) is 5.57 Å². The van der Waals surface area contributed by atoms with E-state index in [4.69, 9.17) is 5.11 Å². The minimum Gasteiger partial charge on any atom is -0.478 e. The molecule has 1 aliphatic heterocycles. The van der Waals surface area contributed by atoms with Gasteiger partial charge in [0.1, 0.15) is 0 Å². The van der Waals surface area contributed by atoms with Crippen LogP contribution in [-0.2, 0) is 14.6 Å². The van der Waals surface area contributed by atoms with Crippen LogP contribution in [0.5, 0.6) is 0 Å². The van der Waals surface area contributed by atoms with E-state index in [1.807, 2.05) is 0 Å². The van der Waals surface area contributed by atoms with Crippen LogP contribution in [0.3, 0.4) is 0 Å². The Morgan fingerprint density at radius 3 is 2.55 bits per heavy atom. The van der Waals surface area contributed by atoms with Gasteiger partial charge in [0.15, 0.2) is 9.84 Å². The van der Waals surface area contributed by atoms with Crippen LogP contribution in [-0.4, -0.2) is 31.0 Å². The maximum atomic E-state index is 10.9. The van der Waals surface area contributed by atoms with Gasteiger partial charge in [-0.1, -0.05) is 6.08 Å². The largest absolute Gasteiger partial charge is 0.478 e. The lowest BCUT2D eigenvalue weighted by Gasteiger charge is -2.08. The van der Waals surface area contributed by atoms with Gasteiger partial charge < -0.3 is 5.11 Å². The molecule has 0 saturated heterocycles. The first-order valence-corrected chi connectivity index (χ1v) is 4.96. The minimum atomic E-state index is -3.13. The van der Waals surface area contributed by atoms with Gasteiger partial charge in [0.25, 0.3) is 0 Å². The number of hydrogen-bond acceptors (Lipinski definition) is 3. The third kappa shape index (κ3) is 2.04. The number of rotatable bonds is 1. The van der Waals surface area contributed by atoms with E-state index in [2.05, 4.69) is 0 Å². The molecule has 1 heterocycles. The van der Waals surface area contributed by atoms with Gasteiger partial charge in [-0.15, -0.1) is 0 Å². The molecule has 0 aliphatic carbocycles. The summed E-state index contributed by atoms with van der Waals surface area (Å²) in [5, 5.41) is 8.44. The molecule has 0 saturated carbocycles. The molecule has 5 heteroatoms. The summed E-state index contributed by atoms with van der Waals surface area (Å²) >= 11 is 0. The van der Waals surface area contributed by atoms with Crippen LogP contribution in [0.1, 0.15) is 6.42 Å². The highest BCUT2D eigenvalue weighted by molar-refractivity contribution is 7.91. The Morgan fingerprint density at radius 2 is 2.18 bits per heavy atom. The zero-order chi connectivity index (χ0) is 8.48. The number of carboxylic acid groups (broad SMARTS) is 1. The van der Waals surface area contributed by atoms with Crippen LogP contribution in [0, 0.1) is 0 Å². The molecule has 1 aliphatic rings. The zero-order valence-corrected chi connectivity index (χ0v) is 6.60. The smallest absolute Gasteiger partial charge is 0.332 e. The summed E-state index contributed by atoms with van der Waals surface area (Å²) in [6, 6.07) is 0. The highest BCUT2D eigenvalue weighted by atomic mass is 32.2. The van der Waals surface area contributed by atoms with Crippen LogP contribution in [0.2, 0.25) is 0 Å². The van der Waals surface area contributed by atoms with Crippen molar-refractivity contribution in [3.05, 3.63) is 11.6 Å². The molecule has 0 radical (unpaired) electrons. The molecule has 1 rings (SSSR count). The Morgan fingerprint density at radius 1 is 1.55 bits per heavy atom. The fraction of sp³-hybridized carbons (Fsp3) is 0.500. The van der Waals surface area contributed by atoms with E-state index < -0.39 is 15.8 Å². The van der Waals surface area contributed by atoms with E-state index in [0.29, 0.717) is 6.42 Å². The SMILES string of the molecule is O=C(O)C1=CCCS(=O)(=O)C1. The Kier molecular flexibility index (Phi) is 1.99. The van der Waals surface area contributed by atoms with E-state index in [0.717, 1.165) is 0 Å². The molecule has 62 valence electrons. The van der Waals surface area contributed by atoms with Crippen LogP contribution >= 0.6 is 0 Å². The molecule has 0 bridgehead atoms. The van der Waals surface area contributed by atoms with Gasteiger partial charge in [-0.2, -0.15) is 0 Å². The van der Waals surface area contributed by atoms with E-state index in [1.165, 1.54) is 6.08 Å². The maximum absolute atomic E-state index is 10.9.